The molecule has 2 aliphatic rings. The van der Waals surface area contributed by atoms with Crippen molar-refractivity contribution in [1.29, 1.82) is 0 Å². The largest absolute Gasteiger partial charge is 0.474 e. The Hall–Kier alpha value is -3.06. The molecule has 7 nitrogen and oxygen atoms in total. The Labute approximate surface area is 202 Å². The molecule has 3 atom stereocenters. The number of carbonyl (C=O) groups excluding carboxylic acids is 1. The van der Waals surface area contributed by atoms with E-state index in [1.807, 2.05) is 53.4 Å². The molecule has 2 heterocycles. The zero-order valence-corrected chi connectivity index (χ0v) is 20.3. The number of piperidine rings is 1. The molecule has 2 aromatic carbocycles. The molecule has 7 heteroatoms. The summed E-state index contributed by atoms with van der Waals surface area (Å²) in [5.41, 5.74) is 8.13. The number of para-hydroxylation sites is 2. The first-order valence-electron chi connectivity index (χ1n) is 12.5. The number of likely N-dealkylation sites (tertiary alicyclic amines) is 1. The number of unbranched alkanes of at least 4 members (excludes halogenated alkanes) is 2. The van der Waals surface area contributed by atoms with Crippen LogP contribution in [0.2, 0.25) is 0 Å². The van der Waals surface area contributed by atoms with Gasteiger partial charge in [-0.3, -0.25) is 9.69 Å². The molecule has 1 fully saturated rings. The number of hydrogen-bond acceptors (Lipinski definition) is 5. The Bertz CT molecular complexity index is 996. The minimum atomic E-state index is -0.685. The van der Waals surface area contributed by atoms with Crippen molar-refractivity contribution in [3.8, 4) is 5.75 Å². The zero-order valence-electron chi connectivity index (χ0n) is 20.3. The number of hydrogen-bond donors (Lipinski definition) is 2. The molecule has 0 saturated carbocycles. The van der Waals surface area contributed by atoms with Gasteiger partial charge in [0.25, 0.3) is 5.91 Å². The number of ether oxygens (including phenoxy) is 1. The van der Waals surface area contributed by atoms with Crippen molar-refractivity contribution in [3.05, 3.63) is 59.7 Å². The number of nitrogens with zero attached hydrogens (tertiary/aromatic N) is 3. The minimum absolute atomic E-state index is 0.0369. The van der Waals surface area contributed by atoms with Crippen LogP contribution in [0.15, 0.2) is 53.6 Å². The van der Waals surface area contributed by atoms with E-state index < -0.39 is 6.10 Å². The van der Waals surface area contributed by atoms with Crippen molar-refractivity contribution in [2.45, 2.75) is 70.6 Å². The number of amidine groups is 1. The SMILES string of the molecule is CC1CCCC(C)N1CCCCCN1C(=O)C(c2ccc(C(N)=NN)cc2)Oc2ccccc21. The maximum Gasteiger partial charge on any atom is 0.272 e. The number of benzene rings is 2. The molecule has 0 radical (unpaired) electrons. The summed E-state index contributed by atoms with van der Waals surface area (Å²) in [6, 6.07) is 16.4. The van der Waals surface area contributed by atoms with Gasteiger partial charge < -0.3 is 21.2 Å². The van der Waals surface area contributed by atoms with Crippen molar-refractivity contribution in [3.63, 3.8) is 0 Å². The Morgan fingerprint density at radius 1 is 1.00 bits per heavy atom. The second-order valence-electron chi connectivity index (χ2n) is 9.52. The van der Waals surface area contributed by atoms with E-state index in [4.69, 9.17) is 16.3 Å². The highest BCUT2D eigenvalue weighted by molar-refractivity contribution is 6.01. The van der Waals surface area contributed by atoms with Crippen molar-refractivity contribution < 1.29 is 9.53 Å². The average Bonchev–Trinajstić information content (AvgIpc) is 2.86. The van der Waals surface area contributed by atoms with Gasteiger partial charge in [0, 0.05) is 29.8 Å². The first-order chi connectivity index (χ1) is 16.5. The molecule has 2 aromatic rings. The van der Waals surface area contributed by atoms with Crippen LogP contribution < -0.4 is 21.2 Å². The van der Waals surface area contributed by atoms with Crippen LogP contribution in [-0.2, 0) is 4.79 Å². The molecule has 34 heavy (non-hydrogen) atoms. The highest BCUT2D eigenvalue weighted by atomic mass is 16.5. The second kappa shape index (κ2) is 10.9. The van der Waals surface area contributed by atoms with E-state index in [9.17, 15) is 4.79 Å². The molecule has 4 rings (SSSR count). The van der Waals surface area contributed by atoms with Crippen molar-refractivity contribution in [2.75, 3.05) is 18.0 Å². The fourth-order valence-electron chi connectivity index (χ4n) is 5.22. The number of nitrogens with two attached hydrogens (primary N) is 2. The summed E-state index contributed by atoms with van der Waals surface area (Å²) in [5, 5.41) is 3.53. The molecule has 182 valence electrons. The predicted octanol–water partition coefficient (Wildman–Crippen LogP) is 4.17. The Kier molecular flexibility index (Phi) is 7.73. The number of amides is 1. The van der Waals surface area contributed by atoms with E-state index in [1.165, 1.54) is 19.3 Å². The normalized spacial score (nSPS) is 23.5. The van der Waals surface area contributed by atoms with Crippen LogP contribution in [0.25, 0.3) is 0 Å². The van der Waals surface area contributed by atoms with Gasteiger partial charge in [-0.1, -0.05) is 49.2 Å². The molecule has 0 aliphatic carbocycles. The topological polar surface area (TPSA) is 97.2 Å². The summed E-state index contributed by atoms with van der Waals surface area (Å²) in [6.07, 6.45) is 6.48. The van der Waals surface area contributed by atoms with Crippen LogP contribution in [0.3, 0.4) is 0 Å². The van der Waals surface area contributed by atoms with Gasteiger partial charge in [-0.2, -0.15) is 5.10 Å². The minimum Gasteiger partial charge on any atom is -0.474 e. The first-order valence-corrected chi connectivity index (χ1v) is 12.5. The molecule has 3 unspecified atom stereocenters. The lowest BCUT2D eigenvalue weighted by atomic mass is 9.97. The summed E-state index contributed by atoms with van der Waals surface area (Å²) in [6.45, 7) is 6.53. The molecule has 0 bridgehead atoms. The maximum atomic E-state index is 13.5. The van der Waals surface area contributed by atoms with E-state index in [0.717, 1.165) is 42.8 Å². The standard InChI is InChI=1S/C27H37N5O2/c1-19-9-8-10-20(2)31(19)17-6-3-7-18-32-23-11-4-5-12-24(23)34-25(27(32)33)21-13-15-22(16-14-21)26(28)30-29/h4-5,11-16,19-20,25H,3,6-10,17-18,29H2,1-2H3,(H2,28,30). The molecule has 1 saturated heterocycles. The smallest absolute Gasteiger partial charge is 0.272 e. The van der Waals surface area contributed by atoms with Crippen LogP contribution in [0.5, 0.6) is 5.75 Å². The molecule has 4 N–H and O–H groups in total. The molecule has 0 aromatic heterocycles. The summed E-state index contributed by atoms with van der Waals surface area (Å²) in [7, 11) is 0. The third-order valence-corrected chi connectivity index (χ3v) is 7.21. The van der Waals surface area contributed by atoms with Gasteiger partial charge in [-0.25, -0.2) is 0 Å². The van der Waals surface area contributed by atoms with Crippen LogP contribution in [-0.4, -0.2) is 41.8 Å². The molecule has 2 aliphatic heterocycles. The number of rotatable bonds is 8. The van der Waals surface area contributed by atoms with E-state index in [2.05, 4.69) is 23.8 Å². The maximum absolute atomic E-state index is 13.5. The number of anilines is 1. The van der Waals surface area contributed by atoms with Gasteiger partial charge in [-0.15, -0.1) is 0 Å². The van der Waals surface area contributed by atoms with Crippen molar-refractivity contribution >= 4 is 17.4 Å². The number of hydrazone groups is 1. The molecule has 1 amide bonds. The van der Waals surface area contributed by atoms with Gasteiger partial charge >= 0.3 is 0 Å². The summed E-state index contributed by atoms with van der Waals surface area (Å²) < 4.78 is 6.13. The lowest BCUT2D eigenvalue weighted by molar-refractivity contribution is -0.126. The highest BCUT2D eigenvalue weighted by Crippen LogP contribution is 2.39. The predicted molar refractivity (Wildman–Crippen MR) is 137 cm³/mol. The van der Waals surface area contributed by atoms with Crippen molar-refractivity contribution in [2.24, 2.45) is 16.7 Å². The van der Waals surface area contributed by atoms with Gasteiger partial charge in [-0.05, 0) is 58.2 Å². The van der Waals surface area contributed by atoms with E-state index in [-0.39, 0.29) is 11.7 Å². The Balaban J connectivity index is 1.40. The van der Waals surface area contributed by atoms with Gasteiger partial charge in [0.15, 0.2) is 0 Å². The summed E-state index contributed by atoms with van der Waals surface area (Å²) in [5.74, 6) is 6.22. The van der Waals surface area contributed by atoms with Crippen LogP contribution in [0.4, 0.5) is 5.69 Å². The Morgan fingerprint density at radius 3 is 2.38 bits per heavy atom. The van der Waals surface area contributed by atoms with E-state index in [0.29, 0.717) is 24.2 Å². The monoisotopic (exact) mass is 463 g/mol. The zero-order chi connectivity index (χ0) is 24.1. The summed E-state index contributed by atoms with van der Waals surface area (Å²) in [4.78, 5) is 18.0. The lowest BCUT2D eigenvalue weighted by Gasteiger charge is -2.39. The van der Waals surface area contributed by atoms with E-state index in [1.54, 1.807) is 0 Å². The van der Waals surface area contributed by atoms with Gasteiger partial charge in [0.05, 0.1) is 5.69 Å². The number of fused-ring (bicyclic) bond motifs is 1. The van der Waals surface area contributed by atoms with Crippen molar-refractivity contribution in [1.82, 2.24) is 4.90 Å². The third kappa shape index (κ3) is 5.20. The Morgan fingerprint density at radius 2 is 1.68 bits per heavy atom. The van der Waals surface area contributed by atoms with E-state index >= 15 is 0 Å². The average molecular weight is 464 g/mol. The second-order valence-corrected chi connectivity index (χ2v) is 9.52. The van der Waals surface area contributed by atoms with Crippen LogP contribution in [0.1, 0.15) is 69.6 Å². The lowest BCUT2D eigenvalue weighted by Crippen LogP contribution is -2.44. The summed E-state index contributed by atoms with van der Waals surface area (Å²) >= 11 is 0. The fraction of sp³-hybridized carbons (Fsp3) is 0.481. The molecular weight excluding hydrogens is 426 g/mol. The van der Waals surface area contributed by atoms with Crippen LogP contribution >= 0.6 is 0 Å². The molecule has 0 spiro atoms. The van der Waals surface area contributed by atoms with Crippen LogP contribution in [0, 0.1) is 0 Å². The fourth-order valence-corrected chi connectivity index (χ4v) is 5.22. The van der Waals surface area contributed by atoms with Gasteiger partial charge in [0.1, 0.15) is 11.6 Å². The third-order valence-electron chi connectivity index (χ3n) is 7.21. The highest BCUT2D eigenvalue weighted by Gasteiger charge is 2.35. The van der Waals surface area contributed by atoms with Gasteiger partial charge in [0.2, 0.25) is 6.10 Å². The quantitative estimate of drug-likeness (QED) is 0.201. The molecular formula is C27H37N5O2. The number of carbonyl (C=O) groups is 1. The first kappa shape index (κ1) is 24.1.